The van der Waals surface area contributed by atoms with Gasteiger partial charge in [0, 0.05) is 0 Å². The van der Waals surface area contributed by atoms with E-state index in [0.717, 1.165) is 5.57 Å². The van der Waals surface area contributed by atoms with Crippen LogP contribution in [-0.4, -0.2) is 53.6 Å². The Morgan fingerprint density at radius 2 is 2.20 bits per heavy atom. The number of hydrogen-bond acceptors (Lipinski definition) is 4. The monoisotopic (exact) mass is 210 g/mol. The molecule has 1 fully saturated rings. The second kappa shape index (κ2) is 4.52. The maximum atomic E-state index is 10.0. The van der Waals surface area contributed by atoms with Crippen molar-refractivity contribution in [1.82, 2.24) is 0 Å². The van der Waals surface area contributed by atoms with Gasteiger partial charge in [0.2, 0.25) is 0 Å². The minimum atomic E-state index is -1.69. The maximum Gasteiger partial charge on any atom is 0.136 e. The largest absolute Gasteiger partial charge is 0.394 e. The van der Waals surface area contributed by atoms with Crippen LogP contribution < -0.4 is 0 Å². The number of ether oxygens (including phenoxy) is 1. The first-order chi connectivity index (χ1) is 6.91. The fourth-order valence-electron chi connectivity index (χ4n) is 1.41. The van der Waals surface area contributed by atoms with Crippen LogP contribution in [0, 0.1) is 0 Å². The summed E-state index contributed by atoms with van der Waals surface area (Å²) in [6, 6.07) is -1.06. The second-order valence-corrected chi connectivity index (χ2v) is 3.90. The van der Waals surface area contributed by atoms with Crippen molar-refractivity contribution >= 4 is 7.85 Å². The van der Waals surface area contributed by atoms with Gasteiger partial charge >= 0.3 is 0 Å². The summed E-state index contributed by atoms with van der Waals surface area (Å²) in [4.78, 5) is 0. The molecule has 5 heteroatoms. The standard InChI is InChI=1S/C10H15BO4/c1-6(2)3-4-10(14)8(13)7(5-12)15-9(10)11/h4,7-9,12-14H,5H2,1-2H3/t7-,8?,9-,10-/m1/s1. The van der Waals surface area contributed by atoms with E-state index in [2.05, 4.69) is 5.73 Å². The first-order valence-electron chi connectivity index (χ1n) is 4.75. The van der Waals surface area contributed by atoms with Crippen molar-refractivity contribution in [3.05, 3.63) is 17.4 Å². The predicted molar refractivity (Wildman–Crippen MR) is 55.4 cm³/mol. The number of aliphatic hydroxyl groups is 3. The zero-order valence-electron chi connectivity index (χ0n) is 8.84. The third kappa shape index (κ3) is 2.33. The zero-order chi connectivity index (χ0) is 11.6. The van der Waals surface area contributed by atoms with Gasteiger partial charge in [0.25, 0.3) is 0 Å². The number of aliphatic hydroxyl groups excluding tert-OH is 2. The Kier molecular flexibility index (Phi) is 3.76. The van der Waals surface area contributed by atoms with Crippen LogP contribution in [0.25, 0.3) is 0 Å². The third-order valence-corrected chi connectivity index (χ3v) is 2.38. The summed E-state index contributed by atoms with van der Waals surface area (Å²) in [5.41, 5.74) is 1.93. The highest BCUT2D eigenvalue weighted by atomic mass is 16.6. The van der Waals surface area contributed by atoms with Gasteiger partial charge in [-0.15, -0.1) is 5.73 Å². The fraction of sp³-hybridized carbons (Fsp3) is 0.700. The van der Waals surface area contributed by atoms with Crippen molar-refractivity contribution in [1.29, 1.82) is 0 Å². The molecule has 0 aromatic carbocycles. The molecule has 4 nitrogen and oxygen atoms in total. The molecule has 0 aromatic heterocycles. The normalized spacial score (nSPS) is 39.9. The van der Waals surface area contributed by atoms with E-state index in [1.165, 1.54) is 6.08 Å². The van der Waals surface area contributed by atoms with Gasteiger partial charge in [-0.25, -0.2) is 0 Å². The quantitative estimate of drug-likeness (QED) is 0.407. The molecule has 82 valence electrons. The van der Waals surface area contributed by atoms with Crippen LogP contribution >= 0.6 is 0 Å². The van der Waals surface area contributed by atoms with Crippen LogP contribution in [0.2, 0.25) is 0 Å². The molecule has 0 bridgehead atoms. The van der Waals surface area contributed by atoms with Crippen molar-refractivity contribution in [3.8, 4) is 0 Å². The SMILES string of the molecule is [B][C@@H]1O[C@H](CO)C(O)[C@]1(O)C=C=C(C)C. The lowest BCUT2D eigenvalue weighted by Crippen LogP contribution is -2.47. The molecule has 3 N–H and O–H groups in total. The van der Waals surface area contributed by atoms with Crippen molar-refractivity contribution in [2.75, 3.05) is 6.61 Å². The van der Waals surface area contributed by atoms with Gasteiger partial charge in [-0.1, -0.05) is 0 Å². The van der Waals surface area contributed by atoms with Crippen LogP contribution in [0.5, 0.6) is 0 Å². The van der Waals surface area contributed by atoms with Crippen LogP contribution in [0.1, 0.15) is 13.8 Å². The van der Waals surface area contributed by atoms with Crippen molar-refractivity contribution in [3.63, 3.8) is 0 Å². The molecular formula is C10H15BO4. The molecule has 1 heterocycles. The van der Waals surface area contributed by atoms with E-state index >= 15 is 0 Å². The average molecular weight is 210 g/mol. The summed E-state index contributed by atoms with van der Waals surface area (Å²) in [5, 5.41) is 28.6. The van der Waals surface area contributed by atoms with Crippen LogP contribution in [0.4, 0.5) is 0 Å². The molecule has 1 aliphatic heterocycles. The molecule has 15 heavy (non-hydrogen) atoms. The van der Waals surface area contributed by atoms with E-state index in [1.54, 1.807) is 13.8 Å². The lowest BCUT2D eigenvalue weighted by molar-refractivity contribution is -0.0285. The first kappa shape index (κ1) is 12.5. The second-order valence-electron chi connectivity index (χ2n) is 3.90. The lowest BCUT2D eigenvalue weighted by Gasteiger charge is -2.25. The Bertz CT molecular complexity index is 294. The maximum absolute atomic E-state index is 10.0. The Balaban J connectivity index is 2.97. The van der Waals surface area contributed by atoms with Gasteiger partial charge in [-0.2, -0.15) is 0 Å². The minimum Gasteiger partial charge on any atom is -0.394 e. The molecule has 2 radical (unpaired) electrons. The average Bonchev–Trinajstić information content (AvgIpc) is 2.40. The lowest BCUT2D eigenvalue weighted by atomic mass is 9.80. The molecule has 1 rings (SSSR count). The van der Waals surface area contributed by atoms with Crippen molar-refractivity contribution in [2.24, 2.45) is 0 Å². The van der Waals surface area contributed by atoms with Gasteiger partial charge in [-0.05, 0) is 25.5 Å². The predicted octanol–water partition coefficient (Wildman–Crippen LogP) is -0.915. The Morgan fingerprint density at radius 3 is 2.60 bits per heavy atom. The third-order valence-electron chi connectivity index (χ3n) is 2.38. The van der Waals surface area contributed by atoms with Gasteiger partial charge in [0.15, 0.2) is 0 Å². The molecule has 4 atom stereocenters. The fourth-order valence-corrected chi connectivity index (χ4v) is 1.41. The molecule has 1 aliphatic rings. The van der Waals surface area contributed by atoms with Gasteiger partial charge < -0.3 is 20.1 Å². The molecular weight excluding hydrogens is 195 g/mol. The van der Waals surface area contributed by atoms with Gasteiger partial charge in [0.05, 0.1) is 12.6 Å². The summed E-state index contributed by atoms with van der Waals surface area (Å²) >= 11 is 0. The highest BCUT2D eigenvalue weighted by Gasteiger charge is 2.50. The Hall–Kier alpha value is -0.575. The van der Waals surface area contributed by atoms with E-state index in [0.29, 0.717) is 0 Å². The summed E-state index contributed by atoms with van der Waals surface area (Å²) in [6.45, 7) is 3.22. The topological polar surface area (TPSA) is 69.9 Å². The van der Waals surface area contributed by atoms with Crippen LogP contribution in [0.15, 0.2) is 17.4 Å². The van der Waals surface area contributed by atoms with Gasteiger partial charge in [-0.3, -0.25) is 0 Å². The zero-order valence-corrected chi connectivity index (χ0v) is 8.84. The number of rotatable bonds is 2. The molecule has 0 aliphatic carbocycles. The minimum absolute atomic E-state index is 0.389. The highest BCUT2D eigenvalue weighted by molar-refractivity contribution is 6.12. The van der Waals surface area contributed by atoms with Gasteiger partial charge in [0.1, 0.15) is 25.7 Å². The molecule has 0 aromatic rings. The first-order valence-corrected chi connectivity index (χ1v) is 4.75. The molecule has 0 saturated carbocycles. The Labute approximate surface area is 90.3 Å². The summed E-state index contributed by atoms with van der Waals surface area (Å²) in [6.07, 6.45) is -0.822. The Morgan fingerprint density at radius 1 is 1.60 bits per heavy atom. The van der Waals surface area contributed by atoms with E-state index < -0.39 is 23.8 Å². The van der Waals surface area contributed by atoms with E-state index in [1.807, 2.05) is 0 Å². The van der Waals surface area contributed by atoms with Crippen molar-refractivity contribution < 1.29 is 20.1 Å². The molecule has 0 spiro atoms. The van der Waals surface area contributed by atoms with Crippen molar-refractivity contribution in [2.45, 2.75) is 37.7 Å². The molecule has 1 saturated heterocycles. The molecule has 1 unspecified atom stereocenters. The highest BCUT2D eigenvalue weighted by Crippen LogP contribution is 2.30. The van der Waals surface area contributed by atoms with E-state index in [4.69, 9.17) is 17.7 Å². The van der Waals surface area contributed by atoms with E-state index in [-0.39, 0.29) is 6.61 Å². The smallest absolute Gasteiger partial charge is 0.136 e. The van der Waals surface area contributed by atoms with Crippen LogP contribution in [-0.2, 0) is 4.74 Å². The van der Waals surface area contributed by atoms with E-state index in [9.17, 15) is 10.2 Å². The number of hydrogen-bond donors (Lipinski definition) is 3. The summed E-state index contributed by atoms with van der Waals surface area (Å²) < 4.78 is 5.02. The molecule has 0 amide bonds. The summed E-state index contributed by atoms with van der Waals surface area (Å²) in [7, 11) is 5.53. The summed E-state index contributed by atoms with van der Waals surface area (Å²) in [5.74, 6) is 0. The van der Waals surface area contributed by atoms with Crippen LogP contribution in [0.3, 0.4) is 0 Å².